The second-order valence-corrected chi connectivity index (χ2v) is 6.75. The monoisotopic (exact) mass is 255 g/mol. The summed E-state index contributed by atoms with van der Waals surface area (Å²) in [6.45, 7) is 7.76. The summed E-state index contributed by atoms with van der Waals surface area (Å²) in [4.78, 5) is 4.78. The Kier molecular flexibility index (Phi) is 6.09. The van der Waals surface area contributed by atoms with Crippen molar-refractivity contribution in [1.82, 2.24) is 9.80 Å². The topological polar surface area (TPSA) is 32.5 Å². The van der Waals surface area contributed by atoms with Crippen LogP contribution in [-0.4, -0.2) is 56.1 Å². The number of hydrogen-bond acceptors (Lipinski definition) is 3. The van der Waals surface area contributed by atoms with Crippen LogP contribution in [0.2, 0.25) is 0 Å². The summed E-state index contributed by atoms with van der Waals surface area (Å²) >= 11 is 0. The molecular weight excluding hydrogens is 222 g/mol. The lowest BCUT2D eigenvalue weighted by atomic mass is 9.71. The maximum absolute atomic E-state index is 6.15. The standard InChI is InChI=1S/C15H33N3/c1-13(2)14-7-6-8-15(11-14,12-16)18(5)10-9-17(3)4/h13-14H,6-12,16H2,1-5H3. The fourth-order valence-corrected chi connectivity index (χ4v) is 3.23. The van der Waals surface area contributed by atoms with E-state index in [4.69, 9.17) is 5.73 Å². The number of nitrogens with zero attached hydrogens (tertiary/aromatic N) is 2. The van der Waals surface area contributed by atoms with Crippen LogP contribution in [0.15, 0.2) is 0 Å². The first kappa shape index (κ1) is 15.9. The van der Waals surface area contributed by atoms with E-state index in [2.05, 4.69) is 44.8 Å². The van der Waals surface area contributed by atoms with Gasteiger partial charge in [-0.15, -0.1) is 0 Å². The van der Waals surface area contributed by atoms with Crippen LogP contribution in [-0.2, 0) is 0 Å². The Morgan fingerprint density at radius 3 is 2.39 bits per heavy atom. The van der Waals surface area contributed by atoms with Crippen molar-refractivity contribution in [2.75, 3.05) is 40.8 Å². The number of nitrogens with two attached hydrogens (primary N) is 1. The van der Waals surface area contributed by atoms with Crippen molar-refractivity contribution >= 4 is 0 Å². The highest BCUT2D eigenvalue weighted by atomic mass is 15.2. The van der Waals surface area contributed by atoms with Gasteiger partial charge < -0.3 is 10.6 Å². The van der Waals surface area contributed by atoms with Crippen LogP contribution in [0, 0.1) is 11.8 Å². The Labute approximate surface area is 114 Å². The van der Waals surface area contributed by atoms with Crippen LogP contribution >= 0.6 is 0 Å². The Balaban J connectivity index is 2.65. The van der Waals surface area contributed by atoms with Gasteiger partial charge in [-0.1, -0.05) is 26.7 Å². The summed E-state index contributed by atoms with van der Waals surface area (Å²) in [5.74, 6) is 1.64. The molecule has 1 saturated carbocycles. The lowest BCUT2D eigenvalue weighted by molar-refractivity contribution is 0.0413. The van der Waals surface area contributed by atoms with Crippen LogP contribution in [0.4, 0.5) is 0 Å². The van der Waals surface area contributed by atoms with Gasteiger partial charge in [0.05, 0.1) is 0 Å². The normalized spacial score (nSPS) is 29.5. The molecule has 0 amide bonds. The molecule has 0 spiro atoms. The number of hydrogen-bond donors (Lipinski definition) is 1. The molecule has 0 aromatic heterocycles. The second-order valence-electron chi connectivity index (χ2n) is 6.75. The summed E-state index contributed by atoms with van der Waals surface area (Å²) in [6.07, 6.45) is 5.29. The third-order valence-electron chi connectivity index (χ3n) is 4.87. The van der Waals surface area contributed by atoms with Crippen LogP contribution in [0.25, 0.3) is 0 Å². The molecule has 108 valence electrons. The Morgan fingerprint density at radius 2 is 1.89 bits per heavy atom. The van der Waals surface area contributed by atoms with Gasteiger partial charge in [0.2, 0.25) is 0 Å². The predicted molar refractivity (Wildman–Crippen MR) is 79.8 cm³/mol. The molecule has 0 aliphatic heterocycles. The summed E-state index contributed by atoms with van der Waals surface area (Å²) in [5, 5.41) is 0. The summed E-state index contributed by atoms with van der Waals surface area (Å²) in [7, 11) is 6.54. The molecule has 1 fully saturated rings. The molecule has 0 saturated heterocycles. The molecule has 18 heavy (non-hydrogen) atoms. The number of rotatable bonds is 6. The fraction of sp³-hybridized carbons (Fsp3) is 1.00. The lowest BCUT2D eigenvalue weighted by Crippen LogP contribution is -2.56. The minimum atomic E-state index is 0.253. The molecule has 0 bridgehead atoms. The molecule has 1 rings (SSSR count). The fourth-order valence-electron chi connectivity index (χ4n) is 3.23. The van der Waals surface area contributed by atoms with Crippen LogP contribution < -0.4 is 5.73 Å². The molecule has 2 atom stereocenters. The SMILES string of the molecule is CC(C)C1CCCC(CN)(N(C)CCN(C)C)C1. The second kappa shape index (κ2) is 6.88. The largest absolute Gasteiger partial charge is 0.329 e. The van der Waals surface area contributed by atoms with Gasteiger partial charge in [-0.25, -0.2) is 0 Å². The minimum absolute atomic E-state index is 0.253. The first-order valence-corrected chi connectivity index (χ1v) is 7.47. The molecule has 1 aliphatic carbocycles. The van der Waals surface area contributed by atoms with Crippen LogP contribution in [0.5, 0.6) is 0 Å². The third kappa shape index (κ3) is 3.94. The van der Waals surface area contributed by atoms with Crippen molar-refractivity contribution in [2.24, 2.45) is 17.6 Å². The Bertz CT molecular complexity index is 240. The van der Waals surface area contributed by atoms with Crippen LogP contribution in [0.3, 0.4) is 0 Å². The van der Waals surface area contributed by atoms with E-state index < -0.39 is 0 Å². The van der Waals surface area contributed by atoms with Crippen molar-refractivity contribution < 1.29 is 0 Å². The van der Waals surface area contributed by atoms with Crippen LogP contribution in [0.1, 0.15) is 39.5 Å². The molecule has 0 heterocycles. The minimum Gasteiger partial charge on any atom is -0.329 e. The van der Waals surface area contributed by atoms with Gasteiger partial charge >= 0.3 is 0 Å². The summed E-state index contributed by atoms with van der Waals surface area (Å²) < 4.78 is 0. The molecule has 0 radical (unpaired) electrons. The molecular formula is C15H33N3. The highest BCUT2D eigenvalue weighted by molar-refractivity contribution is 4.96. The molecule has 0 aromatic rings. The Hall–Kier alpha value is -0.120. The molecule has 2 unspecified atom stereocenters. The van der Waals surface area contributed by atoms with E-state index in [1.807, 2.05) is 0 Å². The molecule has 1 aliphatic rings. The van der Waals surface area contributed by atoms with Crippen molar-refractivity contribution in [2.45, 2.75) is 45.1 Å². The van der Waals surface area contributed by atoms with E-state index in [0.717, 1.165) is 31.5 Å². The zero-order valence-electron chi connectivity index (χ0n) is 13.1. The van der Waals surface area contributed by atoms with Crippen molar-refractivity contribution in [3.8, 4) is 0 Å². The molecule has 0 aromatic carbocycles. The van der Waals surface area contributed by atoms with E-state index in [-0.39, 0.29) is 5.54 Å². The highest BCUT2D eigenvalue weighted by Gasteiger charge is 2.39. The maximum Gasteiger partial charge on any atom is 0.0331 e. The van der Waals surface area contributed by atoms with Gasteiger partial charge in [-0.3, -0.25) is 4.90 Å². The summed E-state index contributed by atoms with van der Waals surface area (Å²) in [6, 6.07) is 0. The molecule has 3 heteroatoms. The van der Waals surface area contributed by atoms with E-state index >= 15 is 0 Å². The van der Waals surface area contributed by atoms with Crippen molar-refractivity contribution in [1.29, 1.82) is 0 Å². The number of likely N-dealkylation sites (N-methyl/N-ethyl adjacent to an activating group) is 2. The average molecular weight is 255 g/mol. The van der Waals surface area contributed by atoms with E-state index in [9.17, 15) is 0 Å². The molecule has 3 nitrogen and oxygen atoms in total. The zero-order valence-corrected chi connectivity index (χ0v) is 13.1. The van der Waals surface area contributed by atoms with Gasteiger partial charge in [-0.05, 0) is 45.8 Å². The zero-order chi connectivity index (χ0) is 13.8. The third-order valence-corrected chi connectivity index (χ3v) is 4.87. The van der Waals surface area contributed by atoms with E-state index in [1.165, 1.54) is 25.7 Å². The van der Waals surface area contributed by atoms with Gasteiger partial charge in [0.1, 0.15) is 0 Å². The van der Waals surface area contributed by atoms with Crippen molar-refractivity contribution in [3.05, 3.63) is 0 Å². The Morgan fingerprint density at radius 1 is 1.22 bits per heavy atom. The average Bonchev–Trinajstić information content (AvgIpc) is 2.35. The van der Waals surface area contributed by atoms with E-state index in [0.29, 0.717) is 0 Å². The smallest absolute Gasteiger partial charge is 0.0331 e. The lowest BCUT2D eigenvalue weighted by Gasteiger charge is -2.48. The predicted octanol–water partition coefficient (Wildman–Crippen LogP) is 2.02. The van der Waals surface area contributed by atoms with Gasteiger partial charge in [0, 0.05) is 25.2 Å². The van der Waals surface area contributed by atoms with Gasteiger partial charge in [0.25, 0.3) is 0 Å². The first-order chi connectivity index (χ1) is 8.41. The first-order valence-electron chi connectivity index (χ1n) is 7.47. The maximum atomic E-state index is 6.15. The quantitative estimate of drug-likeness (QED) is 0.788. The highest BCUT2D eigenvalue weighted by Crippen LogP contribution is 2.38. The summed E-state index contributed by atoms with van der Waals surface area (Å²) in [5.41, 5.74) is 6.41. The molecule has 2 N–H and O–H groups in total. The van der Waals surface area contributed by atoms with E-state index in [1.54, 1.807) is 0 Å². The van der Waals surface area contributed by atoms with Crippen molar-refractivity contribution in [3.63, 3.8) is 0 Å². The van der Waals surface area contributed by atoms with Gasteiger partial charge in [0.15, 0.2) is 0 Å². The van der Waals surface area contributed by atoms with Gasteiger partial charge in [-0.2, -0.15) is 0 Å².